The Balaban J connectivity index is 1.49. The first kappa shape index (κ1) is 42.4. The molecule has 2 aromatic rings. The summed E-state index contributed by atoms with van der Waals surface area (Å²) in [7, 11) is 1.37. The van der Waals surface area contributed by atoms with Crippen molar-refractivity contribution in [2.75, 3.05) is 26.9 Å². The van der Waals surface area contributed by atoms with Crippen LogP contribution in [0.15, 0.2) is 48.5 Å². The summed E-state index contributed by atoms with van der Waals surface area (Å²) in [6, 6.07) is 15.0. The smallest absolute Gasteiger partial charge is 0.407 e. The highest BCUT2D eigenvalue weighted by Gasteiger charge is 2.15. The SMILES string of the molecule is COC(=O)c1cc(OCCCCCCCCCCNC(=O)OC(C)(C)C)cc(OCCCCCCCCCCC(=O)OCc2ccccc2)c1. The van der Waals surface area contributed by atoms with E-state index < -0.39 is 11.6 Å². The number of rotatable bonds is 27. The maximum atomic E-state index is 12.2. The van der Waals surface area contributed by atoms with Crippen LogP contribution in [0.4, 0.5) is 4.79 Å². The minimum absolute atomic E-state index is 0.122. The third kappa shape index (κ3) is 22.1. The molecule has 0 unspecified atom stereocenters. The minimum atomic E-state index is -0.464. The molecule has 9 nitrogen and oxygen atoms in total. The average Bonchev–Trinajstić information content (AvgIpc) is 3.09. The molecule has 0 fully saturated rings. The summed E-state index contributed by atoms with van der Waals surface area (Å²) in [5, 5.41) is 2.81. The van der Waals surface area contributed by atoms with E-state index in [1.165, 1.54) is 32.8 Å². The van der Waals surface area contributed by atoms with Crippen LogP contribution in [0.3, 0.4) is 0 Å². The molecule has 0 atom stereocenters. The van der Waals surface area contributed by atoms with Crippen molar-refractivity contribution < 1.29 is 38.1 Å². The Bertz CT molecular complexity index is 1210. The van der Waals surface area contributed by atoms with Crippen molar-refractivity contribution in [3.63, 3.8) is 0 Å². The van der Waals surface area contributed by atoms with Crippen molar-refractivity contribution in [3.8, 4) is 11.5 Å². The van der Waals surface area contributed by atoms with Gasteiger partial charge < -0.3 is 29.0 Å². The Morgan fingerprint density at radius 1 is 0.640 bits per heavy atom. The second-order valence-corrected chi connectivity index (χ2v) is 13.9. The second-order valence-electron chi connectivity index (χ2n) is 13.9. The number of benzene rings is 2. The van der Waals surface area contributed by atoms with Crippen molar-refractivity contribution in [2.24, 2.45) is 0 Å². The number of amides is 1. The zero-order chi connectivity index (χ0) is 36.3. The van der Waals surface area contributed by atoms with Crippen LogP contribution in [-0.4, -0.2) is 50.5 Å². The number of methoxy groups -OCH3 is 1. The molecular weight excluding hydrogens is 634 g/mol. The van der Waals surface area contributed by atoms with E-state index in [4.69, 9.17) is 23.7 Å². The lowest BCUT2D eigenvalue weighted by Crippen LogP contribution is -2.32. The molecule has 1 amide bonds. The van der Waals surface area contributed by atoms with Gasteiger partial charge in [-0.2, -0.15) is 0 Å². The van der Waals surface area contributed by atoms with Gasteiger partial charge in [-0.3, -0.25) is 4.79 Å². The van der Waals surface area contributed by atoms with Gasteiger partial charge in [0.2, 0.25) is 0 Å². The molecule has 0 bridgehead atoms. The highest BCUT2D eigenvalue weighted by atomic mass is 16.6. The Labute approximate surface area is 301 Å². The minimum Gasteiger partial charge on any atom is -0.493 e. The zero-order valence-corrected chi connectivity index (χ0v) is 31.2. The van der Waals surface area contributed by atoms with Crippen molar-refractivity contribution >= 4 is 18.0 Å². The fourth-order valence-electron chi connectivity index (χ4n) is 5.39. The third-order valence-electron chi connectivity index (χ3n) is 8.10. The number of carbonyl (C=O) groups is 3. The highest BCUT2D eigenvalue weighted by Crippen LogP contribution is 2.25. The fourth-order valence-corrected chi connectivity index (χ4v) is 5.39. The molecule has 0 spiro atoms. The molecular formula is C41H63NO8. The summed E-state index contributed by atoms with van der Waals surface area (Å²) >= 11 is 0. The van der Waals surface area contributed by atoms with Crippen LogP contribution >= 0.6 is 0 Å². The molecule has 1 N–H and O–H groups in total. The normalized spacial score (nSPS) is 11.1. The van der Waals surface area contributed by atoms with Gasteiger partial charge in [0.05, 0.1) is 25.9 Å². The molecule has 9 heteroatoms. The van der Waals surface area contributed by atoms with Gasteiger partial charge in [-0.1, -0.05) is 107 Å². The topological polar surface area (TPSA) is 109 Å². The summed E-state index contributed by atoms with van der Waals surface area (Å²) in [4.78, 5) is 35.8. The number of hydrogen-bond acceptors (Lipinski definition) is 8. The Hall–Kier alpha value is -3.75. The summed E-state index contributed by atoms with van der Waals surface area (Å²) in [6.07, 6.45) is 17.5. The van der Waals surface area contributed by atoms with Crippen LogP contribution in [0.5, 0.6) is 11.5 Å². The number of unbranched alkanes of at least 4 members (excludes halogenated alkanes) is 14. The van der Waals surface area contributed by atoms with Crippen LogP contribution in [-0.2, 0) is 25.6 Å². The van der Waals surface area contributed by atoms with Crippen LogP contribution in [0.1, 0.15) is 146 Å². The predicted molar refractivity (Wildman–Crippen MR) is 198 cm³/mol. The Morgan fingerprint density at radius 3 is 1.66 bits per heavy atom. The number of carbonyl (C=O) groups excluding carboxylic acids is 3. The number of esters is 2. The Morgan fingerprint density at radius 2 is 1.14 bits per heavy atom. The summed E-state index contributed by atoms with van der Waals surface area (Å²) < 4.78 is 27.5. The lowest BCUT2D eigenvalue weighted by molar-refractivity contribution is -0.145. The molecule has 2 rings (SSSR count). The molecule has 50 heavy (non-hydrogen) atoms. The van der Waals surface area contributed by atoms with Gasteiger partial charge in [0, 0.05) is 19.0 Å². The molecule has 0 aliphatic carbocycles. The lowest BCUT2D eigenvalue weighted by atomic mass is 10.1. The van der Waals surface area contributed by atoms with Crippen molar-refractivity contribution in [2.45, 2.75) is 142 Å². The number of nitrogens with one attached hydrogen (secondary N) is 1. The maximum absolute atomic E-state index is 12.2. The van der Waals surface area contributed by atoms with Crippen molar-refractivity contribution in [1.29, 1.82) is 0 Å². The average molecular weight is 698 g/mol. The molecule has 2 aromatic carbocycles. The number of alkyl carbamates (subject to hydrolysis) is 1. The molecule has 0 aromatic heterocycles. The molecule has 280 valence electrons. The van der Waals surface area contributed by atoms with Crippen LogP contribution < -0.4 is 14.8 Å². The largest absolute Gasteiger partial charge is 0.493 e. The molecule has 0 saturated carbocycles. The van der Waals surface area contributed by atoms with Crippen LogP contribution in [0.25, 0.3) is 0 Å². The summed E-state index contributed by atoms with van der Waals surface area (Å²) in [5.41, 5.74) is 0.972. The highest BCUT2D eigenvalue weighted by molar-refractivity contribution is 5.90. The lowest BCUT2D eigenvalue weighted by Gasteiger charge is -2.19. The van der Waals surface area contributed by atoms with E-state index in [1.54, 1.807) is 12.1 Å². The molecule has 0 heterocycles. The quantitative estimate of drug-likeness (QED) is 0.0558. The monoisotopic (exact) mass is 697 g/mol. The third-order valence-corrected chi connectivity index (χ3v) is 8.10. The standard InChI is InChI=1S/C41H63NO8/c1-41(2,3)50-40(45)42-27-21-14-10-6-8-12-16-23-29-48-37-31-35(39(44)46-4)30-36(32-37)47-28-22-15-11-7-5-9-13-20-26-38(43)49-33-34-24-18-17-19-25-34/h17-19,24-25,30-32H,5-16,20-23,26-29,33H2,1-4H3,(H,42,45). The molecule has 0 aliphatic rings. The van der Waals surface area contributed by atoms with Gasteiger partial charge in [0.25, 0.3) is 0 Å². The van der Waals surface area contributed by atoms with Gasteiger partial charge in [0.1, 0.15) is 23.7 Å². The second kappa shape index (κ2) is 26.1. The predicted octanol–water partition coefficient (Wildman–Crippen LogP) is 10.1. The zero-order valence-electron chi connectivity index (χ0n) is 31.2. The van der Waals surface area contributed by atoms with Crippen LogP contribution in [0.2, 0.25) is 0 Å². The maximum Gasteiger partial charge on any atom is 0.407 e. The van der Waals surface area contributed by atoms with Crippen molar-refractivity contribution in [1.82, 2.24) is 5.32 Å². The van der Waals surface area contributed by atoms with E-state index in [9.17, 15) is 14.4 Å². The molecule has 0 aliphatic heterocycles. The van der Waals surface area contributed by atoms with E-state index in [2.05, 4.69) is 5.32 Å². The Kier molecular flexibility index (Phi) is 22.2. The summed E-state index contributed by atoms with van der Waals surface area (Å²) in [5.74, 6) is 0.701. The van der Waals surface area contributed by atoms with E-state index in [1.807, 2.05) is 57.2 Å². The molecule has 0 radical (unpaired) electrons. The fraction of sp³-hybridized carbons (Fsp3) is 0.634. The van der Waals surface area contributed by atoms with Gasteiger partial charge in [-0.25, -0.2) is 9.59 Å². The number of ether oxygens (including phenoxy) is 5. The van der Waals surface area contributed by atoms with Gasteiger partial charge in [0.15, 0.2) is 0 Å². The van der Waals surface area contributed by atoms with Gasteiger partial charge >= 0.3 is 18.0 Å². The first-order valence-electron chi connectivity index (χ1n) is 18.8. The first-order valence-corrected chi connectivity index (χ1v) is 18.8. The van der Waals surface area contributed by atoms with E-state index in [0.29, 0.717) is 49.8 Å². The van der Waals surface area contributed by atoms with E-state index in [0.717, 1.165) is 82.6 Å². The van der Waals surface area contributed by atoms with Crippen molar-refractivity contribution in [3.05, 3.63) is 59.7 Å². The van der Waals surface area contributed by atoms with Gasteiger partial charge in [-0.15, -0.1) is 0 Å². The molecule has 0 saturated heterocycles. The first-order chi connectivity index (χ1) is 24.2. The van der Waals surface area contributed by atoms with Crippen LogP contribution in [0, 0.1) is 0 Å². The summed E-state index contributed by atoms with van der Waals surface area (Å²) in [6.45, 7) is 7.74. The van der Waals surface area contributed by atoms with E-state index >= 15 is 0 Å². The van der Waals surface area contributed by atoms with E-state index in [-0.39, 0.29) is 12.1 Å². The number of hydrogen-bond donors (Lipinski definition) is 1. The van der Waals surface area contributed by atoms with Gasteiger partial charge in [-0.05, 0) is 64.2 Å².